The van der Waals surface area contributed by atoms with E-state index in [0.29, 0.717) is 24.3 Å². The second-order valence-electron chi connectivity index (χ2n) is 5.88. The van der Waals surface area contributed by atoms with E-state index in [1.807, 2.05) is 6.07 Å². The monoisotopic (exact) mass is 405 g/mol. The average molecular weight is 405 g/mol. The number of sulfonamides is 1. The molecule has 0 bridgehead atoms. The second kappa shape index (κ2) is 9.94. The Labute approximate surface area is 163 Å². The highest BCUT2D eigenvalue weighted by Gasteiger charge is 2.26. The maximum absolute atomic E-state index is 13.1. The van der Waals surface area contributed by atoms with E-state index in [1.54, 1.807) is 24.3 Å². The Kier molecular flexibility index (Phi) is 7.63. The molecule has 2 aromatic carbocycles. The highest BCUT2D eigenvalue weighted by molar-refractivity contribution is 7.89. The molecule has 0 radical (unpaired) electrons. The molecule has 0 saturated carbocycles. The molecule has 0 saturated heterocycles. The second-order valence-corrected chi connectivity index (χ2v) is 7.81. The fourth-order valence-electron chi connectivity index (χ4n) is 2.41. The molecule has 0 fully saturated rings. The van der Waals surface area contributed by atoms with Crippen LogP contribution in [0.25, 0.3) is 0 Å². The first-order valence-electron chi connectivity index (χ1n) is 8.41. The van der Waals surface area contributed by atoms with Crippen LogP contribution in [0.5, 0.6) is 0 Å². The Balaban J connectivity index is 2.15. The fraction of sp³-hybridized carbons (Fsp3) is 0.263. The van der Waals surface area contributed by atoms with Gasteiger partial charge < -0.3 is 10.1 Å². The number of carbonyl (C=O) groups excluding carboxylic acids is 1. The Bertz CT molecular complexity index is 939. The number of amides is 1. The largest absolute Gasteiger partial charge is 0.385 e. The van der Waals surface area contributed by atoms with E-state index in [0.717, 1.165) is 28.6 Å². The van der Waals surface area contributed by atoms with Gasteiger partial charge in [0.25, 0.3) is 0 Å². The van der Waals surface area contributed by atoms with Crippen LogP contribution in [-0.2, 0) is 19.6 Å². The van der Waals surface area contributed by atoms with Crippen molar-refractivity contribution in [2.75, 3.05) is 32.1 Å². The molecule has 0 atom stereocenters. The van der Waals surface area contributed by atoms with Crippen LogP contribution >= 0.6 is 0 Å². The van der Waals surface area contributed by atoms with Crippen molar-refractivity contribution in [3.63, 3.8) is 0 Å². The number of hydrogen-bond donors (Lipinski definition) is 1. The number of rotatable bonds is 9. The van der Waals surface area contributed by atoms with Crippen LogP contribution in [0.1, 0.15) is 12.0 Å². The molecule has 1 amide bonds. The Morgan fingerprint density at radius 2 is 1.82 bits per heavy atom. The highest BCUT2D eigenvalue weighted by Crippen LogP contribution is 2.17. The van der Waals surface area contributed by atoms with Crippen LogP contribution in [0, 0.1) is 17.1 Å². The van der Waals surface area contributed by atoms with E-state index in [9.17, 15) is 17.6 Å². The molecule has 0 aliphatic rings. The predicted octanol–water partition coefficient (Wildman–Crippen LogP) is 2.36. The number of hydrogen-bond acceptors (Lipinski definition) is 5. The van der Waals surface area contributed by atoms with Crippen LogP contribution in [0.15, 0.2) is 53.4 Å². The minimum Gasteiger partial charge on any atom is -0.385 e. The topological polar surface area (TPSA) is 99.5 Å². The van der Waals surface area contributed by atoms with Gasteiger partial charge in [-0.2, -0.15) is 9.57 Å². The minimum atomic E-state index is -3.99. The quantitative estimate of drug-likeness (QED) is 0.646. The van der Waals surface area contributed by atoms with Crippen molar-refractivity contribution in [2.45, 2.75) is 11.3 Å². The van der Waals surface area contributed by atoms with Crippen molar-refractivity contribution >= 4 is 21.6 Å². The molecule has 2 rings (SSSR count). The van der Waals surface area contributed by atoms with E-state index in [-0.39, 0.29) is 11.4 Å². The Morgan fingerprint density at radius 3 is 2.39 bits per heavy atom. The lowest BCUT2D eigenvalue weighted by atomic mass is 10.2. The van der Waals surface area contributed by atoms with Crippen LogP contribution in [-0.4, -0.2) is 45.4 Å². The third-order valence-electron chi connectivity index (χ3n) is 3.83. The zero-order valence-electron chi connectivity index (χ0n) is 15.3. The number of nitrogens with one attached hydrogen (secondary N) is 1. The molecular formula is C19H20FN3O4S. The number of ether oxygens (including phenoxy) is 1. The Morgan fingerprint density at radius 1 is 1.18 bits per heavy atom. The lowest BCUT2D eigenvalue weighted by Gasteiger charge is -2.21. The fourth-order valence-corrected chi connectivity index (χ4v) is 3.85. The van der Waals surface area contributed by atoms with Crippen molar-refractivity contribution in [3.05, 3.63) is 59.9 Å². The lowest BCUT2D eigenvalue weighted by Crippen LogP contribution is -2.39. The molecule has 148 valence electrons. The number of benzene rings is 2. The first-order chi connectivity index (χ1) is 13.4. The van der Waals surface area contributed by atoms with E-state index in [1.165, 1.54) is 7.11 Å². The normalized spacial score (nSPS) is 11.2. The van der Waals surface area contributed by atoms with Gasteiger partial charge in [-0.3, -0.25) is 4.79 Å². The van der Waals surface area contributed by atoms with Gasteiger partial charge in [-0.15, -0.1) is 0 Å². The number of nitrogens with zero attached hydrogens (tertiary/aromatic N) is 2. The SMILES string of the molecule is COCCCN(CC(=O)Nc1ccc(C#N)cc1)S(=O)(=O)c1ccc(F)cc1. The maximum Gasteiger partial charge on any atom is 0.243 e. The van der Waals surface area contributed by atoms with E-state index in [4.69, 9.17) is 10.00 Å². The van der Waals surface area contributed by atoms with Crippen molar-refractivity contribution in [3.8, 4) is 6.07 Å². The van der Waals surface area contributed by atoms with E-state index >= 15 is 0 Å². The van der Waals surface area contributed by atoms with Gasteiger partial charge in [0, 0.05) is 25.9 Å². The van der Waals surface area contributed by atoms with E-state index in [2.05, 4.69) is 5.32 Å². The van der Waals surface area contributed by atoms with Crippen molar-refractivity contribution in [2.24, 2.45) is 0 Å². The van der Waals surface area contributed by atoms with Crippen molar-refractivity contribution in [1.82, 2.24) is 4.31 Å². The summed E-state index contributed by atoms with van der Waals surface area (Å²) in [6.45, 7) is -0.0234. The van der Waals surface area contributed by atoms with Gasteiger partial charge in [0.1, 0.15) is 5.82 Å². The molecule has 0 spiro atoms. The van der Waals surface area contributed by atoms with Gasteiger partial charge in [-0.1, -0.05) is 0 Å². The summed E-state index contributed by atoms with van der Waals surface area (Å²) in [4.78, 5) is 12.3. The van der Waals surface area contributed by atoms with Gasteiger partial charge in [0.2, 0.25) is 15.9 Å². The molecule has 0 aromatic heterocycles. The third-order valence-corrected chi connectivity index (χ3v) is 5.68. The summed E-state index contributed by atoms with van der Waals surface area (Å²) in [5.41, 5.74) is 0.887. The summed E-state index contributed by atoms with van der Waals surface area (Å²) < 4.78 is 44.8. The number of halogens is 1. The van der Waals surface area contributed by atoms with Crippen molar-refractivity contribution in [1.29, 1.82) is 5.26 Å². The summed E-state index contributed by atoms with van der Waals surface area (Å²) in [5.74, 6) is -1.09. The predicted molar refractivity (Wildman–Crippen MR) is 101 cm³/mol. The molecule has 0 heterocycles. The molecule has 28 heavy (non-hydrogen) atoms. The molecule has 0 unspecified atom stereocenters. The molecule has 7 nitrogen and oxygen atoms in total. The van der Waals surface area contributed by atoms with Crippen molar-refractivity contribution < 1.29 is 22.3 Å². The first kappa shape index (κ1) is 21.5. The van der Waals surface area contributed by atoms with Gasteiger partial charge in [-0.05, 0) is 55.0 Å². The van der Waals surface area contributed by atoms with Crippen LogP contribution in [0.3, 0.4) is 0 Å². The standard InChI is InChI=1S/C19H20FN3O4S/c1-27-12-2-11-23(28(25,26)18-9-5-16(20)6-10-18)14-19(24)22-17-7-3-15(13-21)4-8-17/h3-10H,2,11-12,14H2,1H3,(H,22,24). The van der Waals surface area contributed by atoms with Gasteiger partial charge in [0.05, 0.1) is 23.1 Å². The van der Waals surface area contributed by atoms with Crippen LogP contribution in [0.2, 0.25) is 0 Å². The molecule has 9 heteroatoms. The summed E-state index contributed by atoms with van der Waals surface area (Å²) in [7, 11) is -2.49. The molecule has 0 aliphatic heterocycles. The first-order valence-corrected chi connectivity index (χ1v) is 9.85. The maximum atomic E-state index is 13.1. The third kappa shape index (κ3) is 5.85. The number of carbonyl (C=O) groups is 1. The van der Waals surface area contributed by atoms with Crippen LogP contribution < -0.4 is 5.32 Å². The summed E-state index contributed by atoms with van der Waals surface area (Å²) in [5, 5.41) is 11.4. The Hall–Kier alpha value is -2.80. The van der Waals surface area contributed by atoms with Gasteiger partial charge in [0.15, 0.2) is 0 Å². The number of nitriles is 1. The molecular weight excluding hydrogens is 385 g/mol. The number of anilines is 1. The summed E-state index contributed by atoms with van der Waals surface area (Å²) in [6, 6.07) is 12.6. The molecule has 2 aromatic rings. The molecule has 1 N–H and O–H groups in total. The smallest absolute Gasteiger partial charge is 0.243 e. The highest BCUT2D eigenvalue weighted by atomic mass is 32.2. The van der Waals surface area contributed by atoms with Crippen LogP contribution in [0.4, 0.5) is 10.1 Å². The average Bonchev–Trinajstić information content (AvgIpc) is 2.68. The summed E-state index contributed by atoms with van der Waals surface area (Å²) in [6.07, 6.45) is 0.390. The minimum absolute atomic E-state index is 0.0638. The lowest BCUT2D eigenvalue weighted by molar-refractivity contribution is -0.116. The summed E-state index contributed by atoms with van der Waals surface area (Å²) >= 11 is 0. The molecule has 0 aliphatic carbocycles. The zero-order valence-corrected chi connectivity index (χ0v) is 16.1. The number of methoxy groups -OCH3 is 1. The van der Waals surface area contributed by atoms with E-state index < -0.39 is 28.3 Å². The van der Waals surface area contributed by atoms with Gasteiger partial charge >= 0.3 is 0 Å². The zero-order chi connectivity index (χ0) is 20.6. The van der Waals surface area contributed by atoms with Gasteiger partial charge in [-0.25, -0.2) is 12.8 Å².